The van der Waals surface area contributed by atoms with Crippen molar-refractivity contribution in [1.82, 2.24) is 9.47 Å². The molecular weight excluding hydrogens is 352 g/mol. The second-order valence-electron chi connectivity index (χ2n) is 8.98. The molecular formula is C22H46N2O2Si. The van der Waals surface area contributed by atoms with Crippen molar-refractivity contribution in [3.63, 3.8) is 0 Å². The summed E-state index contributed by atoms with van der Waals surface area (Å²) in [6, 6.07) is 1.43. The fraction of sp³-hybridized carbons (Fsp3) is 0.955. The van der Waals surface area contributed by atoms with Gasteiger partial charge in [0.25, 0.3) is 0 Å². The Bertz CT molecular complexity index is 396. The van der Waals surface area contributed by atoms with Gasteiger partial charge in [-0.05, 0) is 13.0 Å². The average Bonchev–Trinajstić information content (AvgIpc) is 2.64. The quantitative estimate of drug-likeness (QED) is 0.230. The molecule has 0 saturated carbocycles. The van der Waals surface area contributed by atoms with Crippen molar-refractivity contribution in [3.8, 4) is 0 Å². The minimum atomic E-state index is -1.27. The highest BCUT2D eigenvalue weighted by Crippen LogP contribution is 2.22. The summed E-state index contributed by atoms with van der Waals surface area (Å²) in [5, 5.41) is 0. The van der Waals surface area contributed by atoms with Crippen molar-refractivity contribution < 1.29 is 9.53 Å². The Hall–Kier alpha value is -0.393. The van der Waals surface area contributed by atoms with Gasteiger partial charge in [0.1, 0.15) is 8.24 Å². The maximum absolute atomic E-state index is 11.8. The van der Waals surface area contributed by atoms with Gasteiger partial charge in [-0.1, -0.05) is 78.3 Å². The molecule has 0 aromatic heterocycles. The highest BCUT2D eigenvalue weighted by molar-refractivity contribution is 6.74. The van der Waals surface area contributed by atoms with E-state index in [0.717, 1.165) is 19.6 Å². The lowest BCUT2D eigenvalue weighted by atomic mass is 10.1. The van der Waals surface area contributed by atoms with Crippen LogP contribution in [0.1, 0.15) is 72.1 Å². The Morgan fingerprint density at radius 2 is 1.48 bits per heavy atom. The Morgan fingerprint density at radius 3 is 2.04 bits per heavy atom. The lowest BCUT2D eigenvalue weighted by Crippen LogP contribution is -2.57. The van der Waals surface area contributed by atoms with Crippen LogP contribution in [0.4, 0.5) is 0 Å². The van der Waals surface area contributed by atoms with E-state index in [1.807, 2.05) is 13.8 Å². The van der Waals surface area contributed by atoms with E-state index in [1.54, 1.807) is 0 Å². The zero-order valence-corrected chi connectivity index (χ0v) is 19.9. The van der Waals surface area contributed by atoms with Crippen molar-refractivity contribution in [2.75, 3.05) is 39.3 Å². The van der Waals surface area contributed by atoms with Crippen molar-refractivity contribution in [3.05, 3.63) is 0 Å². The Labute approximate surface area is 170 Å². The van der Waals surface area contributed by atoms with Crippen LogP contribution in [0.3, 0.4) is 0 Å². The predicted octanol–water partition coefficient (Wildman–Crippen LogP) is 5.15. The summed E-state index contributed by atoms with van der Waals surface area (Å²) in [4.78, 5) is 14.3. The van der Waals surface area contributed by atoms with Crippen LogP contribution in [0.15, 0.2) is 0 Å². The number of ether oxygens (including phenoxy) is 1. The van der Waals surface area contributed by atoms with Crippen LogP contribution in [0, 0.1) is 5.92 Å². The summed E-state index contributed by atoms with van der Waals surface area (Å²) in [5.41, 5.74) is 0. The van der Waals surface area contributed by atoms with Gasteiger partial charge in [-0.2, -0.15) is 0 Å². The Morgan fingerprint density at radius 1 is 0.926 bits per heavy atom. The molecule has 1 aliphatic rings. The van der Waals surface area contributed by atoms with Crippen molar-refractivity contribution in [2.45, 2.75) is 91.3 Å². The highest BCUT2D eigenvalue weighted by atomic mass is 28.3. The number of hydrogen-bond acceptors (Lipinski definition) is 4. The molecule has 1 aliphatic heterocycles. The summed E-state index contributed by atoms with van der Waals surface area (Å²) < 4.78 is 7.93. The molecule has 0 aliphatic carbocycles. The third-order valence-electron chi connectivity index (χ3n) is 6.09. The first-order chi connectivity index (χ1) is 12.9. The molecule has 0 bridgehead atoms. The lowest BCUT2D eigenvalue weighted by Gasteiger charge is -2.43. The SMILES string of the molecule is CCCCCCCCCC[Si](C)(C)N1CCN(CC(C)C(=O)OCC)CC1. The molecule has 0 amide bonds. The molecule has 0 radical (unpaired) electrons. The number of carbonyl (C=O) groups excluding carboxylic acids is 1. The first kappa shape index (κ1) is 24.6. The topological polar surface area (TPSA) is 32.8 Å². The average molecular weight is 399 g/mol. The number of piperazine rings is 1. The van der Waals surface area contributed by atoms with Crippen molar-refractivity contribution in [1.29, 1.82) is 0 Å². The van der Waals surface area contributed by atoms with Gasteiger partial charge < -0.3 is 14.2 Å². The lowest BCUT2D eigenvalue weighted by molar-refractivity contribution is -0.148. The molecule has 27 heavy (non-hydrogen) atoms. The molecule has 5 heteroatoms. The van der Waals surface area contributed by atoms with Crippen LogP contribution >= 0.6 is 0 Å². The first-order valence-electron chi connectivity index (χ1n) is 11.5. The van der Waals surface area contributed by atoms with E-state index in [-0.39, 0.29) is 11.9 Å². The van der Waals surface area contributed by atoms with Gasteiger partial charge in [-0.25, -0.2) is 0 Å². The van der Waals surface area contributed by atoms with Gasteiger partial charge >= 0.3 is 5.97 Å². The van der Waals surface area contributed by atoms with E-state index in [1.165, 1.54) is 70.5 Å². The largest absolute Gasteiger partial charge is 0.466 e. The van der Waals surface area contributed by atoms with E-state index < -0.39 is 8.24 Å². The summed E-state index contributed by atoms with van der Waals surface area (Å²) in [5.74, 6) is -0.0663. The smallest absolute Gasteiger partial charge is 0.309 e. The molecule has 1 fully saturated rings. The monoisotopic (exact) mass is 398 g/mol. The third-order valence-corrected chi connectivity index (χ3v) is 9.83. The minimum Gasteiger partial charge on any atom is -0.466 e. The van der Waals surface area contributed by atoms with E-state index in [0.29, 0.717) is 6.61 Å². The summed E-state index contributed by atoms with van der Waals surface area (Å²) in [6.07, 6.45) is 11.3. The summed E-state index contributed by atoms with van der Waals surface area (Å²) in [6.45, 7) is 17.1. The molecule has 1 heterocycles. The third kappa shape index (κ3) is 10.1. The number of esters is 1. The van der Waals surface area contributed by atoms with E-state index >= 15 is 0 Å². The van der Waals surface area contributed by atoms with Gasteiger partial charge in [0, 0.05) is 32.7 Å². The molecule has 0 spiro atoms. The van der Waals surface area contributed by atoms with Gasteiger partial charge in [0.15, 0.2) is 0 Å². The Balaban J connectivity index is 2.19. The van der Waals surface area contributed by atoms with Crippen molar-refractivity contribution in [2.24, 2.45) is 5.92 Å². The van der Waals surface area contributed by atoms with Gasteiger partial charge in [0.2, 0.25) is 0 Å². The van der Waals surface area contributed by atoms with Crippen LogP contribution in [0.25, 0.3) is 0 Å². The molecule has 1 atom stereocenters. The number of rotatable bonds is 14. The molecule has 0 aromatic rings. The standard InChI is InChI=1S/C22H46N2O2Si/c1-6-8-9-10-11-12-13-14-19-27(4,5)24-17-15-23(16-18-24)20-21(3)22(25)26-7-2/h21H,6-20H2,1-5H3. The van der Waals surface area contributed by atoms with Crippen LogP contribution in [-0.4, -0.2) is 63.0 Å². The predicted molar refractivity (Wildman–Crippen MR) is 119 cm³/mol. The molecule has 1 unspecified atom stereocenters. The van der Waals surface area contributed by atoms with Gasteiger partial charge in [0.05, 0.1) is 12.5 Å². The summed E-state index contributed by atoms with van der Waals surface area (Å²) >= 11 is 0. The number of nitrogens with zero attached hydrogens (tertiary/aromatic N) is 2. The van der Waals surface area contributed by atoms with E-state index in [2.05, 4.69) is 29.5 Å². The molecule has 1 rings (SSSR count). The second kappa shape index (κ2) is 13.7. The van der Waals surface area contributed by atoms with Crippen LogP contribution < -0.4 is 0 Å². The normalized spacial score (nSPS) is 17.8. The zero-order chi connectivity index (χ0) is 20.1. The fourth-order valence-corrected chi connectivity index (χ4v) is 6.97. The number of hydrogen-bond donors (Lipinski definition) is 0. The maximum Gasteiger partial charge on any atom is 0.309 e. The number of carbonyl (C=O) groups is 1. The van der Waals surface area contributed by atoms with E-state index in [4.69, 9.17) is 4.74 Å². The molecule has 0 aromatic carbocycles. The molecule has 0 N–H and O–H groups in total. The van der Waals surface area contributed by atoms with Crippen LogP contribution in [0.5, 0.6) is 0 Å². The summed E-state index contributed by atoms with van der Waals surface area (Å²) in [7, 11) is -1.27. The van der Waals surface area contributed by atoms with Gasteiger partial charge in [-0.3, -0.25) is 4.79 Å². The van der Waals surface area contributed by atoms with Gasteiger partial charge in [-0.15, -0.1) is 0 Å². The highest BCUT2D eigenvalue weighted by Gasteiger charge is 2.32. The minimum absolute atomic E-state index is 0.0147. The molecule has 160 valence electrons. The number of unbranched alkanes of at least 4 members (excludes halogenated alkanes) is 7. The fourth-order valence-electron chi connectivity index (χ4n) is 4.13. The maximum atomic E-state index is 11.8. The Kier molecular flexibility index (Phi) is 12.5. The molecule has 4 nitrogen and oxygen atoms in total. The first-order valence-corrected chi connectivity index (χ1v) is 14.7. The van der Waals surface area contributed by atoms with E-state index in [9.17, 15) is 4.79 Å². The van der Waals surface area contributed by atoms with Crippen LogP contribution in [-0.2, 0) is 9.53 Å². The molecule has 1 saturated heterocycles. The van der Waals surface area contributed by atoms with Crippen molar-refractivity contribution >= 4 is 14.2 Å². The van der Waals surface area contributed by atoms with Crippen LogP contribution in [0.2, 0.25) is 19.1 Å². The zero-order valence-electron chi connectivity index (χ0n) is 18.9. The second-order valence-corrected chi connectivity index (χ2v) is 13.7.